The van der Waals surface area contributed by atoms with Crippen molar-refractivity contribution in [1.29, 1.82) is 0 Å². The Bertz CT molecular complexity index is 1370. The molecular weight excluding hydrogens is 478 g/mol. The van der Waals surface area contributed by atoms with E-state index in [2.05, 4.69) is 49.0 Å². The lowest BCUT2D eigenvalue weighted by atomic mass is 10.2. The van der Waals surface area contributed by atoms with Gasteiger partial charge in [0, 0.05) is 63.5 Å². The summed E-state index contributed by atoms with van der Waals surface area (Å²) in [5.41, 5.74) is 5.10. The summed E-state index contributed by atoms with van der Waals surface area (Å²) in [5.74, 6) is 1.99. The average molecular weight is 512 g/mol. The highest BCUT2D eigenvalue weighted by molar-refractivity contribution is 5.94. The van der Waals surface area contributed by atoms with E-state index >= 15 is 0 Å². The van der Waals surface area contributed by atoms with Crippen LogP contribution in [-0.4, -0.2) is 69.3 Å². The molecule has 1 saturated heterocycles. The van der Waals surface area contributed by atoms with Crippen molar-refractivity contribution in [3.05, 3.63) is 83.9 Å². The molecule has 3 aliphatic heterocycles. The number of nitrogens with one attached hydrogen (secondary N) is 2. The lowest BCUT2D eigenvalue weighted by molar-refractivity contribution is 0.0298. The molecule has 0 aliphatic carbocycles. The van der Waals surface area contributed by atoms with Crippen molar-refractivity contribution >= 4 is 5.91 Å². The van der Waals surface area contributed by atoms with Crippen molar-refractivity contribution in [2.24, 2.45) is 0 Å². The molecule has 0 saturated carbocycles. The maximum Gasteiger partial charge on any atom is 0.274 e. The Hall–Kier alpha value is -3.79. The highest BCUT2D eigenvalue weighted by Gasteiger charge is 2.28. The fraction of sp³-hybridized carbons (Fsp3) is 0.345. The van der Waals surface area contributed by atoms with E-state index in [-0.39, 0.29) is 5.91 Å². The first-order valence-electron chi connectivity index (χ1n) is 13.3. The Labute approximate surface area is 222 Å². The van der Waals surface area contributed by atoms with E-state index in [0.29, 0.717) is 38.5 Å². The maximum atomic E-state index is 12.9. The normalized spacial score (nSPS) is 16.7. The fourth-order valence-corrected chi connectivity index (χ4v) is 5.23. The number of ether oxygens (including phenoxy) is 1. The van der Waals surface area contributed by atoms with Crippen molar-refractivity contribution in [3.63, 3.8) is 0 Å². The van der Waals surface area contributed by atoms with Gasteiger partial charge in [0.25, 0.3) is 5.91 Å². The van der Waals surface area contributed by atoms with E-state index in [1.54, 1.807) is 0 Å². The van der Waals surface area contributed by atoms with Gasteiger partial charge in [0.05, 0.1) is 30.8 Å². The zero-order valence-electron chi connectivity index (χ0n) is 21.5. The molecule has 2 aromatic carbocycles. The van der Waals surface area contributed by atoms with Gasteiger partial charge in [0.1, 0.15) is 11.6 Å². The monoisotopic (exact) mass is 511 g/mol. The minimum atomic E-state index is 0.0166. The van der Waals surface area contributed by atoms with E-state index in [1.165, 1.54) is 11.3 Å². The standard InChI is InChI=1S/C17H20N4O2.C12H13N3/c22-17(20-8-10-23-11-9-20)15-14-12-18-6-7-21(14)16(19-15)13-4-2-1-3-5-13;1-2-4-10(5-3-1)12-14-9-11-8-13-6-7-15(11)12/h1-5,18H,6-12H2;1-5,9,13H,6-8H2. The molecule has 0 radical (unpaired) electrons. The molecule has 7 rings (SSSR count). The molecule has 1 amide bonds. The third kappa shape index (κ3) is 5.00. The summed E-state index contributed by atoms with van der Waals surface area (Å²) in [4.78, 5) is 23.9. The summed E-state index contributed by atoms with van der Waals surface area (Å²) < 4.78 is 9.82. The molecule has 9 nitrogen and oxygen atoms in total. The van der Waals surface area contributed by atoms with Crippen LogP contribution in [0.5, 0.6) is 0 Å². The predicted molar refractivity (Wildman–Crippen MR) is 145 cm³/mol. The van der Waals surface area contributed by atoms with Gasteiger partial charge in [-0.1, -0.05) is 60.7 Å². The van der Waals surface area contributed by atoms with Crippen LogP contribution in [0.2, 0.25) is 0 Å². The summed E-state index contributed by atoms with van der Waals surface area (Å²) >= 11 is 0. The van der Waals surface area contributed by atoms with Crippen LogP contribution in [0.4, 0.5) is 0 Å². The first-order chi connectivity index (χ1) is 18.8. The molecular formula is C29H33N7O2. The summed E-state index contributed by atoms with van der Waals surface area (Å²) in [6.45, 7) is 7.88. The number of rotatable bonds is 3. The lowest BCUT2D eigenvalue weighted by Gasteiger charge is -2.27. The Balaban J connectivity index is 0.000000152. The Morgan fingerprint density at radius 3 is 2.11 bits per heavy atom. The second-order valence-corrected chi connectivity index (χ2v) is 9.60. The Morgan fingerprint density at radius 1 is 0.763 bits per heavy atom. The summed E-state index contributed by atoms with van der Waals surface area (Å²) in [6.07, 6.45) is 1.97. The zero-order valence-corrected chi connectivity index (χ0v) is 21.5. The highest BCUT2D eigenvalue weighted by atomic mass is 16.5. The molecule has 38 heavy (non-hydrogen) atoms. The van der Waals surface area contributed by atoms with Gasteiger partial charge in [-0.15, -0.1) is 0 Å². The van der Waals surface area contributed by atoms with Gasteiger partial charge in [0.2, 0.25) is 0 Å². The molecule has 0 atom stereocenters. The van der Waals surface area contributed by atoms with Crippen LogP contribution in [-0.2, 0) is 30.9 Å². The van der Waals surface area contributed by atoms with Gasteiger partial charge in [-0.2, -0.15) is 0 Å². The van der Waals surface area contributed by atoms with E-state index in [9.17, 15) is 4.79 Å². The van der Waals surface area contributed by atoms with E-state index in [0.717, 1.165) is 55.6 Å². The Morgan fingerprint density at radius 2 is 1.39 bits per heavy atom. The van der Waals surface area contributed by atoms with Crippen molar-refractivity contribution < 1.29 is 9.53 Å². The van der Waals surface area contributed by atoms with Crippen LogP contribution in [0.25, 0.3) is 22.8 Å². The van der Waals surface area contributed by atoms with Crippen molar-refractivity contribution in [2.45, 2.75) is 26.2 Å². The molecule has 3 aliphatic rings. The molecule has 196 valence electrons. The number of hydrogen-bond acceptors (Lipinski definition) is 6. The van der Waals surface area contributed by atoms with Gasteiger partial charge in [0.15, 0.2) is 5.69 Å². The Kier molecular flexibility index (Phi) is 7.30. The average Bonchev–Trinajstić information content (AvgIpc) is 3.61. The third-order valence-electron chi connectivity index (χ3n) is 7.20. The molecule has 0 bridgehead atoms. The summed E-state index contributed by atoms with van der Waals surface area (Å²) in [7, 11) is 0. The second-order valence-electron chi connectivity index (χ2n) is 9.60. The molecule has 2 N–H and O–H groups in total. The molecule has 9 heteroatoms. The number of hydrogen-bond donors (Lipinski definition) is 2. The number of amides is 1. The number of benzene rings is 2. The quantitative estimate of drug-likeness (QED) is 0.440. The maximum absolute atomic E-state index is 12.9. The van der Waals surface area contributed by atoms with E-state index in [1.807, 2.05) is 47.5 Å². The van der Waals surface area contributed by atoms with Crippen LogP contribution in [0, 0.1) is 0 Å². The van der Waals surface area contributed by atoms with Gasteiger partial charge in [-0.05, 0) is 0 Å². The van der Waals surface area contributed by atoms with Crippen molar-refractivity contribution in [2.75, 3.05) is 39.4 Å². The van der Waals surface area contributed by atoms with Gasteiger partial charge < -0.3 is 29.4 Å². The summed E-state index contributed by atoms with van der Waals surface area (Å²) in [5, 5.41) is 6.69. The zero-order chi connectivity index (χ0) is 25.7. The number of nitrogens with zero attached hydrogens (tertiary/aromatic N) is 5. The molecule has 4 aromatic rings. The highest BCUT2D eigenvalue weighted by Crippen LogP contribution is 2.25. The molecule has 0 spiro atoms. The molecule has 2 aromatic heterocycles. The first kappa shape index (κ1) is 24.5. The number of fused-ring (bicyclic) bond motifs is 2. The van der Waals surface area contributed by atoms with Crippen molar-refractivity contribution in [3.8, 4) is 22.8 Å². The number of aromatic nitrogens is 4. The van der Waals surface area contributed by atoms with Crippen LogP contribution in [0.15, 0.2) is 66.9 Å². The first-order valence-corrected chi connectivity index (χ1v) is 13.3. The smallest absolute Gasteiger partial charge is 0.274 e. The van der Waals surface area contributed by atoms with Gasteiger partial charge in [-0.25, -0.2) is 9.97 Å². The number of carbonyl (C=O) groups excluding carboxylic acids is 1. The predicted octanol–water partition coefficient (Wildman–Crippen LogP) is 2.78. The van der Waals surface area contributed by atoms with Crippen LogP contribution in [0.1, 0.15) is 21.9 Å². The molecule has 5 heterocycles. The van der Waals surface area contributed by atoms with E-state index in [4.69, 9.17) is 9.72 Å². The number of imidazole rings is 2. The minimum absolute atomic E-state index is 0.0166. The fourth-order valence-electron chi connectivity index (χ4n) is 5.23. The third-order valence-corrected chi connectivity index (χ3v) is 7.20. The van der Waals surface area contributed by atoms with E-state index < -0.39 is 0 Å². The van der Waals surface area contributed by atoms with Crippen LogP contribution in [0.3, 0.4) is 0 Å². The molecule has 0 unspecified atom stereocenters. The molecule has 1 fully saturated rings. The van der Waals surface area contributed by atoms with Gasteiger partial charge in [-0.3, -0.25) is 4.79 Å². The minimum Gasteiger partial charge on any atom is -0.378 e. The lowest BCUT2D eigenvalue weighted by Crippen LogP contribution is -2.41. The van der Waals surface area contributed by atoms with Crippen LogP contribution < -0.4 is 10.6 Å². The number of morpholine rings is 1. The summed E-state index contributed by atoms with van der Waals surface area (Å²) in [6, 6.07) is 20.4. The number of carbonyl (C=O) groups is 1. The van der Waals surface area contributed by atoms with Crippen LogP contribution >= 0.6 is 0 Å². The SMILES string of the molecule is O=C(c1nc(-c2ccccc2)n2c1CNCC2)N1CCOCC1.c1ccc(-c2ncc3n2CCNC3)cc1. The van der Waals surface area contributed by atoms with Gasteiger partial charge >= 0.3 is 0 Å². The topological polar surface area (TPSA) is 89.2 Å². The van der Waals surface area contributed by atoms with Crippen molar-refractivity contribution in [1.82, 2.24) is 34.6 Å². The largest absolute Gasteiger partial charge is 0.378 e. The second kappa shape index (κ2) is 11.3.